The zero-order valence-corrected chi connectivity index (χ0v) is 11.5. The predicted molar refractivity (Wildman–Crippen MR) is 72.3 cm³/mol. The van der Waals surface area contributed by atoms with Crippen molar-refractivity contribution < 1.29 is 4.39 Å². The standard InChI is InChI=1S/C12H12Cl2FN3/c1-3-18-6-7(2)16-12(18)17-11-9(13)4-8(15)5-10(11)14/h4-6H,3H2,1-2H3,(H,16,17). The Labute approximate surface area is 115 Å². The van der Waals surface area contributed by atoms with Crippen molar-refractivity contribution in [3.05, 3.63) is 39.9 Å². The van der Waals surface area contributed by atoms with Crippen LogP contribution in [-0.4, -0.2) is 9.55 Å². The highest BCUT2D eigenvalue weighted by Crippen LogP contribution is 2.33. The van der Waals surface area contributed by atoms with E-state index in [1.165, 1.54) is 12.1 Å². The van der Waals surface area contributed by atoms with Crippen LogP contribution in [0.2, 0.25) is 10.0 Å². The van der Waals surface area contributed by atoms with Crippen LogP contribution in [0.4, 0.5) is 16.0 Å². The average molecular weight is 288 g/mol. The van der Waals surface area contributed by atoms with Crippen molar-refractivity contribution in [2.24, 2.45) is 0 Å². The lowest BCUT2D eigenvalue weighted by atomic mass is 10.3. The first-order chi connectivity index (χ1) is 8.51. The number of benzene rings is 1. The van der Waals surface area contributed by atoms with E-state index >= 15 is 0 Å². The minimum Gasteiger partial charge on any atom is -0.323 e. The fraction of sp³-hybridized carbons (Fsp3) is 0.250. The van der Waals surface area contributed by atoms with Crippen LogP contribution in [0.15, 0.2) is 18.3 Å². The molecule has 0 unspecified atom stereocenters. The van der Waals surface area contributed by atoms with Gasteiger partial charge < -0.3 is 9.88 Å². The van der Waals surface area contributed by atoms with E-state index in [0.29, 0.717) is 11.6 Å². The lowest BCUT2D eigenvalue weighted by Gasteiger charge is -2.11. The van der Waals surface area contributed by atoms with Crippen LogP contribution in [0, 0.1) is 12.7 Å². The van der Waals surface area contributed by atoms with Gasteiger partial charge in [0.1, 0.15) is 5.82 Å². The number of aromatic nitrogens is 2. The van der Waals surface area contributed by atoms with Crippen LogP contribution >= 0.6 is 23.2 Å². The molecule has 0 aliphatic rings. The van der Waals surface area contributed by atoms with Crippen molar-refractivity contribution in [3.8, 4) is 0 Å². The van der Waals surface area contributed by atoms with Crippen molar-refractivity contribution in [2.45, 2.75) is 20.4 Å². The smallest absolute Gasteiger partial charge is 0.207 e. The van der Waals surface area contributed by atoms with E-state index in [4.69, 9.17) is 23.2 Å². The van der Waals surface area contributed by atoms with Crippen molar-refractivity contribution in [2.75, 3.05) is 5.32 Å². The number of imidazole rings is 1. The molecular weight excluding hydrogens is 276 g/mol. The Hall–Kier alpha value is -1.26. The first-order valence-corrected chi connectivity index (χ1v) is 6.22. The molecule has 0 aliphatic heterocycles. The number of hydrogen-bond donors (Lipinski definition) is 1. The highest BCUT2D eigenvalue weighted by Gasteiger charge is 2.12. The van der Waals surface area contributed by atoms with Gasteiger partial charge in [-0.15, -0.1) is 0 Å². The van der Waals surface area contributed by atoms with Gasteiger partial charge >= 0.3 is 0 Å². The molecule has 0 atom stereocenters. The third-order valence-corrected chi connectivity index (χ3v) is 3.08. The van der Waals surface area contributed by atoms with Crippen LogP contribution in [0.1, 0.15) is 12.6 Å². The quantitative estimate of drug-likeness (QED) is 0.907. The topological polar surface area (TPSA) is 29.9 Å². The first-order valence-electron chi connectivity index (χ1n) is 5.46. The zero-order valence-electron chi connectivity index (χ0n) is 9.97. The molecule has 0 amide bonds. The van der Waals surface area contributed by atoms with E-state index in [1.807, 2.05) is 24.6 Å². The molecule has 2 aromatic rings. The van der Waals surface area contributed by atoms with Gasteiger partial charge in [-0.2, -0.15) is 0 Å². The molecule has 1 heterocycles. The number of halogens is 3. The van der Waals surface area contributed by atoms with Crippen molar-refractivity contribution in [1.82, 2.24) is 9.55 Å². The summed E-state index contributed by atoms with van der Waals surface area (Å²) in [5, 5.41) is 3.48. The van der Waals surface area contributed by atoms with Gasteiger partial charge in [-0.25, -0.2) is 9.37 Å². The van der Waals surface area contributed by atoms with Gasteiger partial charge in [0.25, 0.3) is 0 Å². The van der Waals surface area contributed by atoms with Gasteiger partial charge in [-0.05, 0) is 26.0 Å². The third-order valence-electron chi connectivity index (χ3n) is 2.48. The third kappa shape index (κ3) is 2.60. The van der Waals surface area contributed by atoms with Crippen molar-refractivity contribution in [3.63, 3.8) is 0 Å². The average Bonchev–Trinajstić information content (AvgIpc) is 2.64. The maximum Gasteiger partial charge on any atom is 0.207 e. The number of anilines is 2. The number of rotatable bonds is 3. The summed E-state index contributed by atoms with van der Waals surface area (Å²) in [5.74, 6) is 0.163. The second kappa shape index (κ2) is 5.16. The van der Waals surface area contributed by atoms with E-state index in [1.54, 1.807) is 0 Å². The predicted octanol–water partition coefficient (Wildman–Crippen LogP) is 4.40. The lowest BCUT2D eigenvalue weighted by Crippen LogP contribution is -2.02. The minimum atomic E-state index is -0.467. The van der Waals surface area contributed by atoms with Crippen molar-refractivity contribution in [1.29, 1.82) is 0 Å². The number of nitrogens with one attached hydrogen (secondary N) is 1. The Bertz CT molecular complexity index is 558. The SMILES string of the molecule is CCn1cc(C)nc1Nc1c(Cl)cc(F)cc1Cl. The minimum absolute atomic E-state index is 0.225. The molecule has 1 N–H and O–H groups in total. The largest absolute Gasteiger partial charge is 0.323 e. The molecular formula is C12H12Cl2FN3. The second-order valence-corrected chi connectivity index (χ2v) is 4.68. The van der Waals surface area contributed by atoms with Crippen LogP contribution in [-0.2, 0) is 6.54 Å². The van der Waals surface area contributed by atoms with E-state index in [2.05, 4.69) is 10.3 Å². The summed E-state index contributed by atoms with van der Waals surface area (Å²) in [4.78, 5) is 4.32. The van der Waals surface area contributed by atoms with Crippen LogP contribution in [0.25, 0.3) is 0 Å². The maximum atomic E-state index is 13.1. The fourth-order valence-corrected chi connectivity index (χ4v) is 2.22. The molecule has 6 heteroatoms. The summed E-state index contributed by atoms with van der Waals surface area (Å²) in [5.41, 5.74) is 1.34. The molecule has 0 bridgehead atoms. The maximum absolute atomic E-state index is 13.1. The molecule has 0 saturated carbocycles. The van der Waals surface area contributed by atoms with Crippen LogP contribution < -0.4 is 5.32 Å². The highest BCUT2D eigenvalue weighted by molar-refractivity contribution is 6.39. The van der Waals surface area contributed by atoms with Gasteiger partial charge in [-0.3, -0.25) is 0 Å². The summed E-state index contributed by atoms with van der Waals surface area (Å²) in [6, 6.07) is 2.42. The zero-order chi connectivity index (χ0) is 13.3. The highest BCUT2D eigenvalue weighted by atomic mass is 35.5. The molecule has 96 valence electrons. The van der Waals surface area contributed by atoms with E-state index < -0.39 is 5.82 Å². The summed E-state index contributed by atoms with van der Waals surface area (Å²) >= 11 is 11.9. The van der Waals surface area contributed by atoms with Crippen molar-refractivity contribution >= 4 is 34.8 Å². The van der Waals surface area contributed by atoms with E-state index in [9.17, 15) is 4.39 Å². The Balaban J connectivity index is 2.39. The summed E-state index contributed by atoms with van der Waals surface area (Å²) in [6.45, 7) is 4.66. The van der Waals surface area contributed by atoms with Crippen LogP contribution in [0.3, 0.4) is 0 Å². The van der Waals surface area contributed by atoms with Gasteiger partial charge in [0, 0.05) is 12.7 Å². The monoisotopic (exact) mass is 287 g/mol. The Morgan fingerprint density at radius 3 is 2.50 bits per heavy atom. The Morgan fingerprint density at radius 2 is 1.94 bits per heavy atom. The Morgan fingerprint density at radius 1 is 1.33 bits per heavy atom. The summed E-state index contributed by atoms with van der Waals surface area (Å²) < 4.78 is 15.0. The van der Waals surface area contributed by atoms with E-state index in [-0.39, 0.29) is 10.0 Å². The number of aryl methyl sites for hydroxylation is 2. The number of nitrogens with zero attached hydrogens (tertiary/aromatic N) is 2. The molecule has 0 spiro atoms. The molecule has 0 fully saturated rings. The molecule has 0 radical (unpaired) electrons. The van der Waals surface area contributed by atoms with E-state index in [0.717, 1.165) is 12.2 Å². The van der Waals surface area contributed by atoms with Gasteiger partial charge in [0.2, 0.25) is 5.95 Å². The van der Waals surface area contributed by atoms with Gasteiger partial charge in [-0.1, -0.05) is 23.2 Å². The first kappa shape index (κ1) is 13.2. The molecule has 1 aromatic carbocycles. The normalized spacial score (nSPS) is 10.7. The molecule has 1 aromatic heterocycles. The fourth-order valence-electron chi connectivity index (χ4n) is 1.66. The van der Waals surface area contributed by atoms with Gasteiger partial charge in [0.15, 0.2) is 0 Å². The van der Waals surface area contributed by atoms with Crippen LogP contribution in [0.5, 0.6) is 0 Å². The number of hydrogen-bond acceptors (Lipinski definition) is 2. The molecule has 0 saturated heterocycles. The summed E-state index contributed by atoms with van der Waals surface area (Å²) in [7, 11) is 0. The second-order valence-electron chi connectivity index (χ2n) is 3.86. The Kier molecular flexibility index (Phi) is 3.78. The molecule has 3 nitrogen and oxygen atoms in total. The summed E-state index contributed by atoms with van der Waals surface area (Å²) in [6.07, 6.45) is 1.91. The van der Waals surface area contributed by atoms with Gasteiger partial charge in [0.05, 0.1) is 21.4 Å². The molecule has 0 aliphatic carbocycles. The molecule has 18 heavy (non-hydrogen) atoms. The lowest BCUT2D eigenvalue weighted by molar-refractivity contribution is 0.628. The molecule has 2 rings (SSSR count).